The van der Waals surface area contributed by atoms with Crippen LogP contribution in [0.25, 0.3) is 0 Å². The minimum Gasteiger partial charge on any atom is -0.444 e. The fourth-order valence-corrected chi connectivity index (χ4v) is 3.16. The van der Waals surface area contributed by atoms with Gasteiger partial charge in [-0.1, -0.05) is 27.2 Å². The van der Waals surface area contributed by atoms with E-state index in [1.165, 1.54) is 19.3 Å². The highest BCUT2D eigenvalue weighted by molar-refractivity contribution is 5.68. The highest BCUT2D eigenvalue weighted by Crippen LogP contribution is 2.29. The van der Waals surface area contributed by atoms with Crippen molar-refractivity contribution in [2.24, 2.45) is 11.3 Å². The van der Waals surface area contributed by atoms with E-state index in [-0.39, 0.29) is 11.5 Å². The minimum atomic E-state index is -0.418. The van der Waals surface area contributed by atoms with E-state index in [9.17, 15) is 4.79 Å². The van der Waals surface area contributed by atoms with Crippen LogP contribution in [0.3, 0.4) is 0 Å². The quantitative estimate of drug-likeness (QED) is 0.804. The van der Waals surface area contributed by atoms with Crippen LogP contribution < -0.4 is 5.32 Å². The molecule has 1 N–H and O–H groups in total. The Morgan fingerprint density at radius 2 is 2.09 bits per heavy atom. The number of ether oxygens (including phenoxy) is 1. The number of nitrogens with zero attached hydrogens (tertiary/aromatic N) is 1. The number of nitrogens with one attached hydrogen (secondary N) is 1. The topological polar surface area (TPSA) is 41.6 Å². The largest absolute Gasteiger partial charge is 0.444 e. The van der Waals surface area contributed by atoms with Crippen molar-refractivity contribution in [3.63, 3.8) is 0 Å². The Kier molecular flexibility index (Phi) is 7.17. The molecule has 4 heteroatoms. The minimum absolute atomic E-state index is 0.154. The number of carbonyl (C=O) groups is 1. The molecule has 1 saturated heterocycles. The second-order valence-corrected chi connectivity index (χ2v) is 8.34. The summed E-state index contributed by atoms with van der Waals surface area (Å²) in [6.07, 6.45) is 4.57. The van der Waals surface area contributed by atoms with Gasteiger partial charge in [0.1, 0.15) is 5.60 Å². The van der Waals surface area contributed by atoms with E-state index in [0.717, 1.165) is 38.5 Å². The molecule has 0 bridgehead atoms. The molecule has 22 heavy (non-hydrogen) atoms. The second kappa shape index (κ2) is 8.19. The first-order valence-electron chi connectivity index (χ1n) is 8.84. The van der Waals surface area contributed by atoms with Gasteiger partial charge in [-0.25, -0.2) is 4.79 Å². The first kappa shape index (κ1) is 19.3. The number of piperidine rings is 1. The van der Waals surface area contributed by atoms with Crippen LogP contribution in [0.5, 0.6) is 0 Å². The van der Waals surface area contributed by atoms with Crippen molar-refractivity contribution in [2.75, 3.05) is 26.2 Å². The maximum absolute atomic E-state index is 12.3. The molecule has 1 aliphatic heterocycles. The molecule has 0 saturated carbocycles. The molecule has 0 radical (unpaired) electrons. The Bertz CT molecular complexity index is 351. The number of carbonyl (C=O) groups excluding carboxylic acids is 1. The van der Waals surface area contributed by atoms with Crippen molar-refractivity contribution in [1.29, 1.82) is 0 Å². The zero-order chi connectivity index (χ0) is 16.8. The maximum Gasteiger partial charge on any atom is 0.410 e. The fourth-order valence-electron chi connectivity index (χ4n) is 3.16. The Balaban J connectivity index is 2.45. The van der Waals surface area contributed by atoms with Crippen molar-refractivity contribution in [3.05, 3.63) is 0 Å². The molecule has 1 amide bonds. The molecular weight excluding hydrogens is 276 g/mol. The molecule has 0 aromatic heterocycles. The lowest BCUT2D eigenvalue weighted by atomic mass is 9.82. The van der Waals surface area contributed by atoms with Crippen molar-refractivity contribution in [2.45, 2.75) is 72.8 Å². The summed E-state index contributed by atoms with van der Waals surface area (Å²) >= 11 is 0. The average Bonchev–Trinajstić information content (AvgIpc) is 2.36. The molecule has 0 spiro atoms. The summed E-state index contributed by atoms with van der Waals surface area (Å²) in [5.74, 6) is 0.721. The highest BCUT2D eigenvalue weighted by Gasteiger charge is 2.34. The number of rotatable bonds is 6. The molecule has 1 rings (SSSR count). The van der Waals surface area contributed by atoms with Gasteiger partial charge in [-0.3, -0.25) is 0 Å². The lowest BCUT2D eigenvalue weighted by Crippen LogP contribution is -2.50. The number of hydrogen-bond acceptors (Lipinski definition) is 3. The van der Waals surface area contributed by atoms with Crippen molar-refractivity contribution < 1.29 is 9.53 Å². The summed E-state index contributed by atoms with van der Waals surface area (Å²) in [5, 5.41) is 3.61. The van der Waals surface area contributed by atoms with Gasteiger partial charge in [0.2, 0.25) is 0 Å². The van der Waals surface area contributed by atoms with Gasteiger partial charge in [-0.05, 0) is 57.9 Å². The van der Waals surface area contributed by atoms with Crippen molar-refractivity contribution >= 4 is 6.09 Å². The van der Waals surface area contributed by atoms with Gasteiger partial charge in [-0.2, -0.15) is 0 Å². The van der Waals surface area contributed by atoms with Crippen LogP contribution in [0.2, 0.25) is 0 Å². The van der Waals surface area contributed by atoms with E-state index in [0.29, 0.717) is 0 Å². The molecule has 2 unspecified atom stereocenters. The molecule has 0 aromatic carbocycles. The predicted molar refractivity (Wildman–Crippen MR) is 92.1 cm³/mol. The SMILES string of the molecule is CCCC(C)CNCC1(C)CCCN(C(=O)OC(C)(C)C)C1. The molecule has 1 heterocycles. The molecule has 130 valence electrons. The summed E-state index contributed by atoms with van der Waals surface area (Å²) in [4.78, 5) is 14.1. The Labute approximate surface area is 137 Å². The molecule has 1 aliphatic rings. The van der Waals surface area contributed by atoms with E-state index < -0.39 is 5.60 Å². The summed E-state index contributed by atoms with van der Waals surface area (Å²) in [5.41, 5.74) is -0.264. The summed E-state index contributed by atoms with van der Waals surface area (Å²) in [6.45, 7) is 16.2. The average molecular weight is 312 g/mol. The third-order valence-electron chi connectivity index (χ3n) is 4.26. The standard InChI is InChI=1S/C18H36N2O2/c1-7-9-15(2)12-19-13-18(6)10-8-11-20(14-18)16(21)22-17(3,4)5/h15,19H,7-14H2,1-6H3. The zero-order valence-corrected chi connectivity index (χ0v) is 15.5. The normalized spacial score (nSPS) is 24.2. The smallest absolute Gasteiger partial charge is 0.410 e. The molecule has 0 aliphatic carbocycles. The summed E-state index contributed by atoms with van der Waals surface area (Å²) in [7, 11) is 0. The van der Waals surface area contributed by atoms with Crippen LogP contribution in [0.15, 0.2) is 0 Å². The van der Waals surface area contributed by atoms with Crippen LogP contribution in [0.4, 0.5) is 4.79 Å². The third-order valence-corrected chi connectivity index (χ3v) is 4.26. The van der Waals surface area contributed by atoms with Gasteiger partial charge in [0.25, 0.3) is 0 Å². The van der Waals surface area contributed by atoms with Gasteiger partial charge in [0, 0.05) is 19.6 Å². The molecule has 4 nitrogen and oxygen atoms in total. The number of hydrogen-bond donors (Lipinski definition) is 1. The Morgan fingerprint density at radius 1 is 1.41 bits per heavy atom. The molecular formula is C18H36N2O2. The van der Waals surface area contributed by atoms with Crippen LogP contribution in [0, 0.1) is 11.3 Å². The molecule has 2 atom stereocenters. The fraction of sp³-hybridized carbons (Fsp3) is 0.944. The lowest BCUT2D eigenvalue weighted by molar-refractivity contribution is 0.00671. The van der Waals surface area contributed by atoms with Crippen molar-refractivity contribution in [3.8, 4) is 0 Å². The van der Waals surface area contributed by atoms with Crippen LogP contribution in [0.1, 0.15) is 67.2 Å². The van der Waals surface area contributed by atoms with E-state index in [1.807, 2.05) is 25.7 Å². The number of amides is 1. The zero-order valence-electron chi connectivity index (χ0n) is 15.5. The predicted octanol–water partition coefficient (Wildman–Crippen LogP) is 4.05. The maximum atomic E-state index is 12.3. The molecule has 1 fully saturated rings. The van der Waals surface area contributed by atoms with Gasteiger partial charge >= 0.3 is 6.09 Å². The number of likely N-dealkylation sites (tertiary alicyclic amines) is 1. The Morgan fingerprint density at radius 3 is 2.68 bits per heavy atom. The van der Waals surface area contributed by atoms with Gasteiger partial charge in [0.15, 0.2) is 0 Å². The Hall–Kier alpha value is -0.770. The molecule has 0 aromatic rings. The first-order chi connectivity index (χ1) is 10.2. The first-order valence-corrected chi connectivity index (χ1v) is 8.84. The van der Waals surface area contributed by atoms with Gasteiger partial charge in [0.05, 0.1) is 0 Å². The summed E-state index contributed by atoms with van der Waals surface area (Å²) in [6, 6.07) is 0. The van der Waals surface area contributed by atoms with Gasteiger partial charge < -0.3 is 15.0 Å². The van der Waals surface area contributed by atoms with E-state index in [1.54, 1.807) is 0 Å². The van der Waals surface area contributed by atoms with E-state index >= 15 is 0 Å². The van der Waals surface area contributed by atoms with E-state index in [4.69, 9.17) is 4.74 Å². The van der Waals surface area contributed by atoms with Crippen LogP contribution in [-0.2, 0) is 4.74 Å². The summed E-state index contributed by atoms with van der Waals surface area (Å²) < 4.78 is 5.51. The highest BCUT2D eigenvalue weighted by atomic mass is 16.6. The van der Waals surface area contributed by atoms with Crippen LogP contribution in [-0.4, -0.2) is 42.8 Å². The lowest BCUT2D eigenvalue weighted by Gasteiger charge is -2.41. The van der Waals surface area contributed by atoms with E-state index in [2.05, 4.69) is 26.1 Å². The van der Waals surface area contributed by atoms with Crippen molar-refractivity contribution in [1.82, 2.24) is 10.2 Å². The third kappa shape index (κ3) is 6.99. The monoisotopic (exact) mass is 312 g/mol. The van der Waals surface area contributed by atoms with Crippen LogP contribution >= 0.6 is 0 Å². The van der Waals surface area contributed by atoms with Gasteiger partial charge in [-0.15, -0.1) is 0 Å². The second-order valence-electron chi connectivity index (χ2n) is 8.34.